The van der Waals surface area contributed by atoms with Crippen LogP contribution < -0.4 is 10.7 Å². The molecule has 0 aromatic heterocycles. The Morgan fingerprint density at radius 2 is 2.25 bits per heavy atom. The van der Waals surface area contributed by atoms with E-state index >= 15 is 0 Å². The summed E-state index contributed by atoms with van der Waals surface area (Å²) in [4.78, 5) is 13.3. The highest BCUT2D eigenvalue weighted by molar-refractivity contribution is 6.06. The standard InChI is InChI=1S/C15H20N2O3/c1-17-11-14(10-16)13-4-2-3-12(9-13)5-7-20-8-6-15(18)19/h2-4,9-11H,5-8,16H2,1H3,(H,18,19)/p+1. The van der Waals surface area contributed by atoms with E-state index in [0.717, 1.165) is 23.1 Å². The predicted octanol–water partition coefficient (Wildman–Crippen LogP) is -0.199. The molecule has 0 fully saturated rings. The number of benzene rings is 1. The molecule has 4 N–H and O–H groups in total. The zero-order valence-electron chi connectivity index (χ0n) is 11.6. The number of rotatable bonds is 8. The van der Waals surface area contributed by atoms with Gasteiger partial charge >= 0.3 is 5.97 Å². The van der Waals surface area contributed by atoms with Gasteiger partial charge in [0.1, 0.15) is 7.05 Å². The van der Waals surface area contributed by atoms with Crippen LogP contribution in [0.1, 0.15) is 17.5 Å². The minimum absolute atomic E-state index is 0.0389. The molecule has 0 saturated carbocycles. The zero-order valence-corrected chi connectivity index (χ0v) is 11.6. The summed E-state index contributed by atoms with van der Waals surface area (Å²) in [7, 11) is 1.82. The second kappa shape index (κ2) is 8.87. The monoisotopic (exact) mass is 277 g/mol. The lowest BCUT2D eigenvalue weighted by atomic mass is 10.0. The van der Waals surface area contributed by atoms with Crippen molar-refractivity contribution < 1.29 is 19.6 Å². The van der Waals surface area contributed by atoms with Crippen LogP contribution in [-0.4, -0.2) is 37.6 Å². The van der Waals surface area contributed by atoms with Gasteiger partial charge in [-0.15, -0.1) is 0 Å². The van der Waals surface area contributed by atoms with Gasteiger partial charge in [-0.05, 0) is 17.5 Å². The smallest absolute Gasteiger partial charge is 0.305 e. The zero-order chi connectivity index (χ0) is 14.8. The van der Waals surface area contributed by atoms with E-state index in [1.165, 1.54) is 0 Å². The number of allylic oxidation sites excluding steroid dienone is 1. The molecule has 0 amide bonds. The first-order chi connectivity index (χ1) is 9.67. The topological polar surface area (TPSA) is 86.5 Å². The lowest BCUT2D eigenvalue weighted by Gasteiger charge is -2.05. The number of ether oxygens (including phenoxy) is 1. The van der Waals surface area contributed by atoms with Crippen LogP contribution in [0.15, 0.2) is 30.5 Å². The highest BCUT2D eigenvalue weighted by Crippen LogP contribution is 2.13. The Hall–Kier alpha value is -2.14. The number of hydrogen-bond donors (Lipinski definition) is 3. The maximum atomic E-state index is 10.3. The van der Waals surface area contributed by atoms with E-state index in [2.05, 4.69) is 4.99 Å². The number of carbonyl (C=O) groups is 1. The third-order valence-corrected chi connectivity index (χ3v) is 2.74. The maximum absolute atomic E-state index is 10.3. The predicted molar refractivity (Wildman–Crippen MR) is 78.3 cm³/mol. The van der Waals surface area contributed by atoms with Gasteiger partial charge < -0.3 is 15.6 Å². The highest BCUT2D eigenvalue weighted by Gasteiger charge is 2.03. The summed E-state index contributed by atoms with van der Waals surface area (Å²) in [5.41, 5.74) is 8.67. The van der Waals surface area contributed by atoms with Gasteiger partial charge in [0.25, 0.3) is 0 Å². The van der Waals surface area contributed by atoms with Crippen LogP contribution >= 0.6 is 0 Å². The summed E-state index contributed by atoms with van der Waals surface area (Å²) in [5.74, 6) is -0.840. The first kappa shape index (κ1) is 15.9. The Balaban J connectivity index is 2.54. The molecule has 5 heteroatoms. The largest absolute Gasteiger partial charge is 0.481 e. The second-order valence-electron chi connectivity index (χ2n) is 4.26. The molecule has 0 atom stereocenters. The molecule has 20 heavy (non-hydrogen) atoms. The van der Waals surface area contributed by atoms with Crippen molar-refractivity contribution >= 4 is 17.8 Å². The van der Waals surface area contributed by atoms with Crippen LogP contribution in [0.3, 0.4) is 0 Å². The third kappa shape index (κ3) is 5.67. The number of carboxylic acid groups (broad SMARTS) is 1. The van der Waals surface area contributed by atoms with Gasteiger partial charge in [0.15, 0.2) is 6.21 Å². The molecule has 0 heterocycles. The number of carboxylic acids is 1. The first-order valence-electron chi connectivity index (χ1n) is 6.48. The maximum Gasteiger partial charge on any atom is 0.305 e. The fourth-order valence-electron chi connectivity index (χ4n) is 1.74. The number of aliphatic carboxylic acids is 1. The van der Waals surface area contributed by atoms with Crippen molar-refractivity contribution in [2.45, 2.75) is 12.8 Å². The summed E-state index contributed by atoms with van der Waals surface area (Å²) in [5, 5.41) is 8.50. The number of nitrogens with two attached hydrogens (primary N) is 1. The molecule has 108 valence electrons. The fourth-order valence-corrected chi connectivity index (χ4v) is 1.74. The third-order valence-electron chi connectivity index (χ3n) is 2.74. The molecule has 1 aromatic carbocycles. The summed E-state index contributed by atoms with van der Waals surface area (Å²) in [6.07, 6.45) is 4.17. The lowest BCUT2D eigenvalue weighted by molar-refractivity contribution is -0.412. The minimum atomic E-state index is -0.840. The van der Waals surface area contributed by atoms with Gasteiger partial charge in [-0.1, -0.05) is 24.3 Å². The van der Waals surface area contributed by atoms with Crippen molar-refractivity contribution in [1.82, 2.24) is 0 Å². The van der Waals surface area contributed by atoms with Crippen LogP contribution in [0.5, 0.6) is 0 Å². The van der Waals surface area contributed by atoms with Crippen molar-refractivity contribution in [2.75, 3.05) is 20.3 Å². The summed E-state index contributed by atoms with van der Waals surface area (Å²) in [6.45, 7) is 0.755. The van der Waals surface area contributed by atoms with E-state index in [1.54, 1.807) is 6.20 Å². The molecular weight excluding hydrogens is 256 g/mol. The second-order valence-corrected chi connectivity index (χ2v) is 4.26. The van der Waals surface area contributed by atoms with Crippen molar-refractivity contribution in [3.63, 3.8) is 0 Å². The average molecular weight is 277 g/mol. The Morgan fingerprint density at radius 3 is 2.90 bits per heavy atom. The first-order valence-corrected chi connectivity index (χ1v) is 6.48. The summed E-state index contributed by atoms with van der Waals surface area (Å²) >= 11 is 0. The van der Waals surface area contributed by atoms with Crippen LogP contribution in [-0.2, 0) is 16.0 Å². The van der Waals surface area contributed by atoms with Gasteiger partial charge in [-0.25, -0.2) is 0 Å². The SMILES string of the molecule is C[NH+]=CC(=CN)c1cccc(CCOCCC(=O)O)c1. The van der Waals surface area contributed by atoms with Crippen LogP contribution in [0.4, 0.5) is 0 Å². The van der Waals surface area contributed by atoms with Crippen LogP contribution in [0.2, 0.25) is 0 Å². The van der Waals surface area contributed by atoms with Crippen molar-refractivity contribution in [3.05, 3.63) is 41.6 Å². The van der Waals surface area contributed by atoms with E-state index in [9.17, 15) is 4.79 Å². The van der Waals surface area contributed by atoms with Crippen LogP contribution in [0.25, 0.3) is 5.57 Å². The highest BCUT2D eigenvalue weighted by atomic mass is 16.5. The molecule has 0 saturated heterocycles. The van der Waals surface area contributed by atoms with Gasteiger partial charge in [0.05, 0.1) is 25.2 Å². The van der Waals surface area contributed by atoms with E-state index < -0.39 is 5.97 Å². The van der Waals surface area contributed by atoms with E-state index in [4.69, 9.17) is 15.6 Å². The molecule has 0 aliphatic rings. The van der Waals surface area contributed by atoms with Crippen molar-refractivity contribution in [3.8, 4) is 0 Å². The molecule has 0 unspecified atom stereocenters. The lowest BCUT2D eigenvalue weighted by Crippen LogP contribution is -2.63. The molecule has 0 aliphatic heterocycles. The average Bonchev–Trinajstić information content (AvgIpc) is 2.44. The number of nitrogens with one attached hydrogen (secondary N) is 1. The minimum Gasteiger partial charge on any atom is -0.481 e. The van der Waals surface area contributed by atoms with Crippen molar-refractivity contribution in [1.29, 1.82) is 0 Å². The summed E-state index contributed by atoms with van der Waals surface area (Å²) < 4.78 is 5.28. The fraction of sp³-hybridized carbons (Fsp3) is 0.333. The van der Waals surface area contributed by atoms with Gasteiger partial charge in [0, 0.05) is 6.20 Å². The Kier molecular flexibility index (Phi) is 7.06. The molecule has 0 spiro atoms. The number of hydrogen-bond acceptors (Lipinski definition) is 3. The molecule has 0 aliphatic carbocycles. The van der Waals surface area contributed by atoms with Crippen molar-refractivity contribution in [2.24, 2.45) is 5.73 Å². The normalized spacial score (nSPS) is 11.9. The quantitative estimate of drug-likeness (QED) is 0.454. The Morgan fingerprint density at radius 1 is 1.45 bits per heavy atom. The van der Waals surface area contributed by atoms with Gasteiger partial charge in [-0.3, -0.25) is 9.79 Å². The molecule has 1 aromatic rings. The van der Waals surface area contributed by atoms with Gasteiger partial charge in [-0.2, -0.15) is 0 Å². The molecule has 1 rings (SSSR count). The molecule has 5 nitrogen and oxygen atoms in total. The molecular formula is C15H21N2O3+. The van der Waals surface area contributed by atoms with E-state index in [0.29, 0.717) is 6.61 Å². The Labute approximate surface area is 118 Å². The summed E-state index contributed by atoms with van der Waals surface area (Å²) in [6, 6.07) is 8.01. The van der Waals surface area contributed by atoms with Gasteiger partial charge in [0.2, 0.25) is 0 Å². The van der Waals surface area contributed by atoms with Crippen LogP contribution in [0, 0.1) is 0 Å². The molecule has 0 bridgehead atoms. The van der Waals surface area contributed by atoms with E-state index in [1.807, 2.05) is 37.5 Å². The van der Waals surface area contributed by atoms with E-state index in [-0.39, 0.29) is 13.0 Å². The molecule has 0 radical (unpaired) electrons. The Bertz CT molecular complexity index is 496.